The van der Waals surface area contributed by atoms with Gasteiger partial charge in [-0.15, -0.1) is 0 Å². The largest absolute Gasteiger partial charge is 0.336 e. The molecule has 1 saturated carbocycles. The van der Waals surface area contributed by atoms with Crippen molar-refractivity contribution in [2.75, 3.05) is 26.2 Å². The molecule has 148 valence electrons. The average Bonchev–Trinajstić information content (AvgIpc) is 3.60. The molecule has 1 aliphatic heterocycles. The van der Waals surface area contributed by atoms with E-state index in [4.69, 9.17) is 0 Å². The number of nitrogens with zero attached hydrogens (tertiary/aromatic N) is 2. The van der Waals surface area contributed by atoms with E-state index in [-0.39, 0.29) is 11.5 Å². The van der Waals surface area contributed by atoms with Gasteiger partial charge in [-0.2, -0.15) is 0 Å². The first-order chi connectivity index (χ1) is 14.1. The van der Waals surface area contributed by atoms with Crippen molar-refractivity contribution in [2.45, 2.75) is 25.8 Å². The van der Waals surface area contributed by atoms with Gasteiger partial charge in [0, 0.05) is 48.9 Å². The van der Waals surface area contributed by atoms with Gasteiger partial charge in [0.15, 0.2) is 0 Å². The van der Waals surface area contributed by atoms with Crippen LogP contribution in [0.4, 0.5) is 0 Å². The first-order valence-electron chi connectivity index (χ1n) is 10.4. The minimum absolute atomic E-state index is 0.0881. The van der Waals surface area contributed by atoms with Crippen LogP contribution < -0.4 is 5.56 Å². The minimum atomic E-state index is -0.0881. The van der Waals surface area contributed by atoms with Gasteiger partial charge in [0.05, 0.1) is 0 Å². The van der Waals surface area contributed by atoms with Crippen LogP contribution in [-0.4, -0.2) is 52.9 Å². The molecule has 1 N–H and O–H groups in total. The van der Waals surface area contributed by atoms with Crippen molar-refractivity contribution in [1.29, 1.82) is 0 Å². The number of piperazine rings is 1. The second-order valence-electron chi connectivity index (χ2n) is 8.18. The molecule has 1 saturated heterocycles. The fourth-order valence-electron chi connectivity index (χ4n) is 4.30. The second-order valence-corrected chi connectivity index (χ2v) is 8.18. The van der Waals surface area contributed by atoms with Crippen LogP contribution in [-0.2, 0) is 0 Å². The Bertz CT molecular complexity index is 1120. The molecule has 3 aromatic rings. The van der Waals surface area contributed by atoms with Crippen molar-refractivity contribution >= 4 is 16.7 Å². The highest BCUT2D eigenvalue weighted by molar-refractivity contribution is 5.95. The molecule has 1 amide bonds. The Hall–Kier alpha value is -2.92. The second kappa shape index (κ2) is 7.16. The molecule has 0 unspecified atom stereocenters. The van der Waals surface area contributed by atoms with E-state index < -0.39 is 0 Å². The number of hydrogen-bond acceptors (Lipinski definition) is 3. The van der Waals surface area contributed by atoms with Crippen LogP contribution in [0.25, 0.3) is 22.0 Å². The van der Waals surface area contributed by atoms with Crippen molar-refractivity contribution in [2.24, 2.45) is 0 Å². The lowest BCUT2D eigenvalue weighted by atomic mass is 10.0. The van der Waals surface area contributed by atoms with Crippen molar-refractivity contribution in [3.8, 4) is 11.3 Å². The van der Waals surface area contributed by atoms with Gasteiger partial charge in [-0.25, -0.2) is 0 Å². The summed E-state index contributed by atoms with van der Waals surface area (Å²) in [4.78, 5) is 32.8. The summed E-state index contributed by atoms with van der Waals surface area (Å²) in [6, 6.07) is 16.1. The molecular formula is C24H25N3O2. The molecule has 2 aliphatic rings. The van der Waals surface area contributed by atoms with Gasteiger partial charge in [-0.3, -0.25) is 14.5 Å². The summed E-state index contributed by atoms with van der Waals surface area (Å²) in [5.41, 5.74) is 3.37. The molecule has 5 heteroatoms. The van der Waals surface area contributed by atoms with Gasteiger partial charge < -0.3 is 9.88 Å². The highest BCUT2D eigenvalue weighted by atomic mass is 16.2. The van der Waals surface area contributed by atoms with E-state index >= 15 is 0 Å². The first kappa shape index (κ1) is 18.1. The van der Waals surface area contributed by atoms with Gasteiger partial charge >= 0.3 is 0 Å². The summed E-state index contributed by atoms with van der Waals surface area (Å²) in [7, 11) is 0. The van der Waals surface area contributed by atoms with Crippen LogP contribution in [0.1, 0.15) is 28.8 Å². The zero-order chi connectivity index (χ0) is 20.0. The molecule has 0 spiro atoms. The number of pyridine rings is 1. The number of H-pyrrole nitrogens is 1. The third-order valence-electron chi connectivity index (χ3n) is 6.21. The predicted molar refractivity (Wildman–Crippen MR) is 115 cm³/mol. The van der Waals surface area contributed by atoms with Crippen LogP contribution >= 0.6 is 0 Å². The van der Waals surface area contributed by atoms with Crippen LogP contribution in [0.5, 0.6) is 0 Å². The van der Waals surface area contributed by atoms with Crippen LogP contribution in [0.15, 0.2) is 53.3 Å². The van der Waals surface area contributed by atoms with Crippen molar-refractivity contribution in [3.05, 3.63) is 70.0 Å². The number of carbonyl (C=O) groups excluding carboxylic acids is 1. The Labute approximate surface area is 170 Å². The molecule has 2 aromatic carbocycles. The molecule has 2 heterocycles. The van der Waals surface area contributed by atoms with E-state index in [1.54, 1.807) is 0 Å². The lowest BCUT2D eigenvalue weighted by Crippen LogP contribution is -2.49. The van der Waals surface area contributed by atoms with Gasteiger partial charge in [0.2, 0.25) is 0 Å². The lowest BCUT2D eigenvalue weighted by Gasteiger charge is -2.34. The highest BCUT2D eigenvalue weighted by Crippen LogP contribution is 2.28. The van der Waals surface area contributed by atoms with E-state index in [2.05, 4.69) is 9.88 Å². The summed E-state index contributed by atoms with van der Waals surface area (Å²) in [6.45, 7) is 5.57. The van der Waals surface area contributed by atoms with Crippen LogP contribution in [0.2, 0.25) is 0 Å². The van der Waals surface area contributed by atoms with E-state index in [0.29, 0.717) is 10.9 Å². The molecule has 0 bridgehead atoms. The molecule has 0 radical (unpaired) electrons. The fourth-order valence-corrected chi connectivity index (χ4v) is 4.30. The molecular weight excluding hydrogens is 362 g/mol. The smallest absolute Gasteiger partial charge is 0.256 e. The minimum Gasteiger partial charge on any atom is -0.336 e. The molecule has 5 nitrogen and oxygen atoms in total. The zero-order valence-electron chi connectivity index (χ0n) is 16.6. The molecule has 1 aliphatic carbocycles. The predicted octanol–water partition coefficient (Wildman–Crippen LogP) is 3.42. The summed E-state index contributed by atoms with van der Waals surface area (Å²) in [6.07, 6.45) is 2.62. The van der Waals surface area contributed by atoms with Gasteiger partial charge in [0.1, 0.15) is 0 Å². The number of aryl methyl sites for hydroxylation is 1. The molecule has 1 aromatic heterocycles. The molecule has 5 rings (SSSR count). The Kier molecular flexibility index (Phi) is 4.47. The Morgan fingerprint density at radius 1 is 0.966 bits per heavy atom. The molecule has 2 fully saturated rings. The van der Waals surface area contributed by atoms with Gasteiger partial charge in [-0.1, -0.05) is 24.3 Å². The van der Waals surface area contributed by atoms with Crippen molar-refractivity contribution < 1.29 is 4.79 Å². The first-order valence-corrected chi connectivity index (χ1v) is 10.4. The van der Waals surface area contributed by atoms with Gasteiger partial charge in [0.25, 0.3) is 11.5 Å². The summed E-state index contributed by atoms with van der Waals surface area (Å²) in [5.74, 6) is 0.0925. The topological polar surface area (TPSA) is 56.4 Å². The number of aromatic nitrogens is 1. The third kappa shape index (κ3) is 3.47. The van der Waals surface area contributed by atoms with Crippen molar-refractivity contribution in [1.82, 2.24) is 14.8 Å². The normalized spacial score (nSPS) is 17.6. The van der Waals surface area contributed by atoms with E-state index in [0.717, 1.165) is 54.4 Å². The average molecular weight is 387 g/mol. The summed E-state index contributed by atoms with van der Waals surface area (Å²) in [5, 5.41) is 1.66. The lowest BCUT2D eigenvalue weighted by molar-refractivity contribution is 0.0627. The summed E-state index contributed by atoms with van der Waals surface area (Å²) >= 11 is 0. The third-order valence-corrected chi connectivity index (χ3v) is 6.21. The number of rotatable bonds is 3. The number of aromatic amines is 1. The Morgan fingerprint density at radius 2 is 1.69 bits per heavy atom. The fraction of sp³-hybridized carbons (Fsp3) is 0.333. The Balaban J connectivity index is 1.36. The van der Waals surface area contributed by atoms with Crippen LogP contribution in [0, 0.1) is 6.92 Å². The van der Waals surface area contributed by atoms with Crippen LogP contribution in [0.3, 0.4) is 0 Å². The number of benzene rings is 2. The van der Waals surface area contributed by atoms with Crippen molar-refractivity contribution in [3.63, 3.8) is 0 Å². The molecule has 29 heavy (non-hydrogen) atoms. The standard InChI is InChI=1S/C24H25N3O2/c1-16-3-2-4-20-21(16)15-22(25-23(20)28)17-5-7-18(8-6-17)24(29)27-13-11-26(12-14-27)19-9-10-19/h2-8,15,19H,9-14H2,1H3,(H,25,28). The zero-order valence-corrected chi connectivity index (χ0v) is 16.6. The number of amides is 1. The van der Waals surface area contributed by atoms with Gasteiger partial charge in [-0.05, 0) is 60.5 Å². The van der Waals surface area contributed by atoms with E-state index in [1.165, 1.54) is 12.8 Å². The number of carbonyl (C=O) groups is 1. The number of hydrogen-bond donors (Lipinski definition) is 1. The maximum Gasteiger partial charge on any atom is 0.256 e. The number of fused-ring (bicyclic) bond motifs is 1. The Morgan fingerprint density at radius 3 is 2.38 bits per heavy atom. The van der Waals surface area contributed by atoms with E-state index in [9.17, 15) is 9.59 Å². The highest BCUT2D eigenvalue weighted by Gasteiger charge is 2.32. The van der Waals surface area contributed by atoms with E-state index in [1.807, 2.05) is 60.4 Å². The quantitative estimate of drug-likeness (QED) is 0.749. The SMILES string of the molecule is Cc1cccc2c(=O)[nH]c(-c3ccc(C(=O)N4CCN(C5CC5)CC4)cc3)cc12. The maximum absolute atomic E-state index is 12.9. The monoisotopic (exact) mass is 387 g/mol. The summed E-state index contributed by atoms with van der Waals surface area (Å²) < 4.78 is 0. The molecule has 0 atom stereocenters. The maximum atomic E-state index is 12.9. The number of nitrogens with one attached hydrogen (secondary N) is 1.